The largest absolute Gasteiger partial charge is 0.327 e. The molecule has 1 fully saturated rings. The monoisotopic (exact) mass is 281 g/mol. The molecular weight excluding hydrogens is 258 g/mol. The third-order valence-electron chi connectivity index (χ3n) is 3.94. The molecule has 4 nitrogen and oxygen atoms in total. The summed E-state index contributed by atoms with van der Waals surface area (Å²) in [6, 6.07) is 1.72. The molecule has 0 bridgehead atoms. The van der Waals surface area contributed by atoms with E-state index < -0.39 is 0 Å². The summed E-state index contributed by atoms with van der Waals surface area (Å²) in [4.78, 5) is 18.7. The predicted molar refractivity (Wildman–Crippen MR) is 79.4 cm³/mol. The molecule has 0 aliphatic heterocycles. The summed E-state index contributed by atoms with van der Waals surface area (Å²) in [7, 11) is 0. The van der Waals surface area contributed by atoms with Crippen LogP contribution in [0.2, 0.25) is 0 Å². The second-order valence-electron chi connectivity index (χ2n) is 5.83. The lowest BCUT2D eigenvalue weighted by Gasteiger charge is -2.35. The molecule has 3 N–H and O–H groups in total. The Labute approximate surface area is 118 Å². The van der Waals surface area contributed by atoms with Crippen LogP contribution in [0.1, 0.15) is 38.8 Å². The van der Waals surface area contributed by atoms with Gasteiger partial charge in [-0.15, -0.1) is 0 Å². The van der Waals surface area contributed by atoms with Gasteiger partial charge in [0.1, 0.15) is 0 Å². The zero-order chi connectivity index (χ0) is 14.0. The second-order valence-corrected chi connectivity index (χ2v) is 7.06. The first-order valence-electron chi connectivity index (χ1n) is 6.96. The lowest BCUT2D eigenvalue weighted by atomic mass is 9.79. The molecule has 3 atom stereocenters. The Kier molecular flexibility index (Phi) is 4.68. The Morgan fingerprint density at radius 1 is 1.47 bits per heavy atom. The molecule has 5 heteroatoms. The minimum Gasteiger partial charge on any atom is -0.327 e. The maximum Gasteiger partial charge on any atom is 0.251 e. The van der Waals surface area contributed by atoms with Gasteiger partial charge in [0.25, 0.3) is 5.56 Å². The van der Waals surface area contributed by atoms with Crippen molar-refractivity contribution in [1.29, 1.82) is 0 Å². The van der Waals surface area contributed by atoms with Crippen LogP contribution in [0.15, 0.2) is 16.0 Å². The number of nitrogens with two attached hydrogens (primary N) is 1. The Morgan fingerprint density at radius 3 is 2.84 bits per heavy atom. The van der Waals surface area contributed by atoms with Crippen LogP contribution in [0.4, 0.5) is 0 Å². The van der Waals surface area contributed by atoms with Crippen LogP contribution in [0.25, 0.3) is 0 Å². The van der Waals surface area contributed by atoms with Crippen molar-refractivity contribution in [2.45, 2.75) is 56.5 Å². The SMILES string of the molecule is Cc1cc(=O)[nH]c(SC2CC(C(C)C)CCC2N)n1. The van der Waals surface area contributed by atoms with E-state index in [9.17, 15) is 4.79 Å². The van der Waals surface area contributed by atoms with E-state index in [4.69, 9.17) is 5.73 Å². The van der Waals surface area contributed by atoms with Crippen molar-refractivity contribution in [3.05, 3.63) is 22.1 Å². The molecule has 2 rings (SSSR count). The summed E-state index contributed by atoms with van der Waals surface area (Å²) in [5.74, 6) is 1.42. The average Bonchev–Trinajstić information content (AvgIpc) is 2.30. The zero-order valence-corrected chi connectivity index (χ0v) is 12.7. The molecular formula is C14H23N3OS. The summed E-state index contributed by atoms with van der Waals surface area (Å²) in [5.41, 5.74) is 6.90. The van der Waals surface area contributed by atoms with Gasteiger partial charge in [0.05, 0.1) is 0 Å². The lowest BCUT2D eigenvalue weighted by molar-refractivity contribution is 0.266. The molecule has 0 amide bonds. The topological polar surface area (TPSA) is 71.8 Å². The highest BCUT2D eigenvalue weighted by Crippen LogP contribution is 2.37. The average molecular weight is 281 g/mol. The fourth-order valence-electron chi connectivity index (χ4n) is 2.68. The minimum absolute atomic E-state index is 0.0835. The van der Waals surface area contributed by atoms with Gasteiger partial charge in [-0.05, 0) is 38.0 Å². The van der Waals surface area contributed by atoms with Crippen molar-refractivity contribution < 1.29 is 0 Å². The molecule has 1 heterocycles. The van der Waals surface area contributed by atoms with Crippen LogP contribution >= 0.6 is 11.8 Å². The smallest absolute Gasteiger partial charge is 0.251 e. The molecule has 106 valence electrons. The number of aromatic nitrogens is 2. The van der Waals surface area contributed by atoms with Gasteiger partial charge in [-0.25, -0.2) is 4.98 Å². The third-order valence-corrected chi connectivity index (χ3v) is 5.20. The standard InChI is InChI=1S/C14H23N3OS/c1-8(2)10-4-5-11(15)12(7-10)19-14-16-9(3)6-13(18)17-14/h6,8,10-12H,4-5,7,15H2,1-3H3,(H,16,17,18). The summed E-state index contributed by atoms with van der Waals surface area (Å²) in [6.45, 7) is 6.39. The number of aromatic amines is 1. The first-order valence-corrected chi connectivity index (χ1v) is 7.84. The van der Waals surface area contributed by atoms with E-state index in [1.54, 1.807) is 11.8 Å². The van der Waals surface area contributed by atoms with Crippen molar-refractivity contribution >= 4 is 11.8 Å². The summed E-state index contributed by atoms with van der Waals surface area (Å²) in [5, 5.41) is 1.06. The molecule has 1 aliphatic carbocycles. The minimum atomic E-state index is -0.0835. The predicted octanol–water partition coefficient (Wildman–Crippen LogP) is 2.32. The highest BCUT2D eigenvalue weighted by atomic mass is 32.2. The number of nitrogens with zero attached hydrogens (tertiary/aromatic N) is 1. The summed E-state index contributed by atoms with van der Waals surface area (Å²) >= 11 is 1.63. The van der Waals surface area contributed by atoms with Gasteiger partial charge in [0, 0.05) is 23.1 Å². The number of hydrogen-bond acceptors (Lipinski definition) is 4. The second kappa shape index (κ2) is 6.09. The first kappa shape index (κ1) is 14.6. The molecule has 0 spiro atoms. The first-order chi connectivity index (χ1) is 8.95. The van der Waals surface area contributed by atoms with E-state index in [0.717, 1.165) is 24.5 Å². The number of thioether (sulfide) groups is 1. The molecule has 0 saturated heterocycles. The van der Waals surface area contributed by atoms with Crippen molar-refractivity contribution in [3.8, 4) is 0 Å². The highest BCUT2D eigenvalue weighted by molar-refractivity contribution is 7.99. The zero-order valence-electron chi connectivity index (χ0n) is 11.8. The number of rotatable bonds is 3. The quantitative estimate of drug-likeness (QED) is 0.834. The Morgan fingerprint density at radius 2 is 2.21 bits per heavy atom. The van der Waals surface area contributed by atoms with E-state index in [1.807, 2.05) is 6.92 Å². The molecule has 1 saturated carbocycles. The Balaban J connectivity index is 2.09. The van der Waals surface area contributed by atoms with Crippen LogP contribution in [-0.4, -0.2) is 21.3 Å². The molecule has 3 unspecified atom stereocenters. The van der Waals surface area contributed by atoms with Crippen molar-refractivity contribution in [2.75, 3.05) is 0 Å². The fourth-order valence-corrected chi connectivity index (χ4v) is 3.97. The number of H-pyrrole nitrogens is 1. The molecule has 1 aliphatic rings. The van der Waals surface area contributed by atoms with E-state index in [0.29, 0.717) is 16.3 Å². The normalized spacial score (nSPS) is 27.7. The lowest BCUT2D eigenvalue weighted by Crippen LogP contribution is -2.39. The molecule has 1 aromatic rings. The molecule has 0 radical (unpaired) electrons. The van der Waals surface area contributed by atoms with Gasteiger partial charge in [-0.3, -0.25) is 4.79 Å². The molecule has 0 aromatic carbocycles. The van der Waals surface area contributed by atoms with Gasteiger partial charge >= 0.3 is 0 Å². The maximum atomic E-state index is 11.5. The van der Waals surface area contributed by atoms with Crippen molar-refractivity contribution in [3.63, 3.8) is 0 Å². The number of hydrogen-bond donors (Lipinski definition) is 2. The van der Waals surface area contributed by atoms with Crippen molar-refractivity contribution in [1.82, 2.24) is 9.97 Å². The Hall–Kier alpha value is -0.810. The van der Waals surface area contributed by atoms with Gasteiger partial charge in [0.15, 0.2) is 5.16 Å². The van der Waals surface area contributed by atoms with Crippen LogP contribution < -0.4 is 11.3 Å². The fraction of sp³-hybridized carbons (Fsp3) is 0.714. The van der Waals surface area contributed by atoms with E-state index >= 15 is 0 Å². The summed E-state index contributed by atoms with van der Waals surface area (Å²) < 4.78 is 0. The van der Waals surface area contributed by atoms with Gasteiger partial charge in [-0.2, -0.15) is 0 Å². The van der Waals surface area contributed by atoms with E-state index in [1.165, 1.54) is 12.5 Å². The van der Waals surface area contributed by atoms with Gasteiger partial charge in [0.2, 0.25) is 0 Å². The third kappa shape index (κ3) is 3.83. The maximum absolute atomic E-state index is 11.5. The van der Waals surface area contributed by atoms with Crippen molar-refractivity contribution in [2.24, 2.45) is 17.6 Å². The van der Waals surface area contributed by atoms with Crippen LogP contribution in [0, 0.1) is 18.8 Å². The van der Waals surface area contributed by atoms with Crippen LogP contribution in [0.3, 0.4) is 0 Å². The highest BCUT2D eigenvalue weighted by Gasteiger charge is 2.30. The van der Waals surface area contributed by atoms with Gasteiger partial charge in [-0.1, -0.05) is 25.6 Å². The molecule has 1 aromatic heterocycles. The van der Waals surface area contributed by atoms with Crippen LogP contribution in [-0.2, 0) is 0 Å². The number of nitrogens with one attached hydrogen (secondary N) is 1. The van der Waals surface area contributed by atoms with Gasteiger partial charge < -0.3 is 10.7 Å². The number of aryl methyl sites for hydroxylation is 1. The summed E-state index contributed by atoms with van der Waals surface area (Å²) in [6.07, 6.45) is 3.39. The van der Waals surface area contributed by atoms with Crippen LogP contribution in [0.5, 0.6) is 0 Å². The Bertz CT molecular complexity index is 486. The molecule has 19 heavy (non-hydrogen) atoms. The van der Waals surface area contributed by atoms with E-state index in [2.05, 4.69) is 23.8 Å². The van der Waals surface area contributed by atoms with E-state index in [-0.39, 0.29) is 11.6 Å².